The van der Waals surface area contributed by atoms with Gasteiger partial charge in [-0.05, 0) is 98.5 Å². The highest BCUT2D eigenvalue weighted by Crippen LogP contribution is 2.66. The molecule has 8 nitrogen and oxygen atoms in total. The summed E-state index contributed by atoms with van der Waals surface area (Å²) in [5, 5.41) is 26.6. The summed E-state index contributed by atoms with van der Waals surface area (Å²) in [7, 11) is 0. The average molecular weight is 551 g/mol. The van der Waals surface area contributed by atoms with Crippen molar-refractivity contribution in [2.75, 3.05) is 6.61 Å². The van der Waals surface area contributed by atoms with Crippen LogP contribution >= 0.6 is 0 Å². The Bertz CT molecular complexity index is 1210. The van der Waals surface area contributed by atoms with Gasteiger partial charge in [-0.15, -0.1) is 0 Å². The van der Waals surface area contributed by atoms with E-state index in [0.29, 0.717) is 29.1 Å². The second-order valence-corrected chi connectivity index (χ2v) is 12.9. The Morgan fingerprint density at radius 2 is 1.80 bits per heavy atom. The van der Waals surface area contributed by atoms with Gasteiger partial charge >= 0.3 is 5.97 Å². The van der Waals surface area contributed by atoms with Crippen molar-refractivity contribution < 1.29 is 29.4 Å². The number of carboxylic acid groups (broad SMARTS) is 1. The van der Waals surface area contributed by atoms with Gasteiger partial charge in [-0.25, -0.2) is 4.79 Å². The second-order valence-electron chi connectivity index (χ2n) is 12.9. The van der Waals surface area contributed by atoms with Gasteiger partial charge in [0.25, 0.3) is 5.91 Å². The first-order chi connectivity index (χ1) is 19.0. The molecular formula is C32H42N2O6. The number of carbonyl (C=O) groups excluding carboxylic acids is 2. The van der Waals surface area contributed by atoms with Crippen molar-refractivity contribution >= 4 is 23.4 Å². The summed E-state index contributed by atoms with van der Waals surface area (Å²) >= 11 is 0. The number of benzene rings is 1. The lowest BCUT2D eigenvalue weighted by Crippen LogP contribution is -2.51. The molecule has 8 atom stereocenters. The summed E-state index contributed by atoms with van der Waals surface area (Å²) in [6.07, 6.45) is 9.17. The van der Waals surface area contributed by atoms with Gasteiger partial charge in [0, 0.05) is 5.92 Å². The normalized spacial score (nSPS) is 35.4. The van der Waals surface area contributed by atoms with E-state index in [9.17, 15) is 24.6 Å². The molecule has 0 aliphatic heterocycles. The maximum absolute atomic E-state index is 12.4. The lowest BCUT2D eigenvalue weighted by atomic mass is 9.46. The molecule has 3 saturated carbocycles. The fourth-order valence-corrected chi connectivity index (χ4v) is 8.82. The summed E-state index contributed by atoms with van der Waals surface area (Å²) in [6.45, 7) is 6.13. The number of carbonyl (C=O) groups is 3. The number of aliphatic hydroxyl groups excluding tert-OH is 1. The molecular weight excluding hydrogens is 508 g/mol. The van der Waals surface area contributed by atoms with Gasteiger partial charge in [-0.2, -0.15) is 0 Å². The van der Waals surface area contributed by atoms with E-state index in [4.69, 9.17) is 4.84 Å². The molecule has 0 bridgehead atoms. The van der Waals surface area contributed by atoms with E-state index >= 15 is 0 Å². The zero-order chi connectivity index (χ0) is 28.7. The lowest BCUT2D eigenvalue weighted by molar-refractivity contribution is -0.146. The number of nitrogens with one attached hydrogen (secondary N) is 1. The fraction of sp³-hybridized carbons (Fsp3) is 0.625. The number of fused-ring (bicyclic) bond motifs is 5. The largest absolute Gasteiger partial charge is 0.480 e. The Labute approximate surface area is 236 Å². The van der Waals surface area contributed by atoms with Crippen LogP contribution in [0, 0.1) is 34.5 Å². The molecule has 1 aromatic carbocycles. The van der Waals surface area contributed by atoms with Gasteiger partial charge in [0.2, 0.25) is 0 Å². The van der Waals surface area contributed by atoms with Crippen LogP contribution < -0.4 is 5.32 Å². The summed E-state index contributed by atoms with van der Waals surface area (Å²) in [5.41, 5.74) is 2.88. The van der Waals surface area contributed by atoms with Crippen LogP contribution in [0.5, 0.6) is 0 Å². The predicted octanol–water partition coefficient (Wildman–Crippen LogP) is 4.83. The molecule has 0 unspecified atom stereocenters. The van der Waals surface area contributed by atoms with Crippen molar-refractivity contribution in [3.05, 3.63) is 47.5 Å². The van der Waals surface area contributed by atoms with Gasteiger partial charge in [0.15, 0.2) is 12.6 Å². The number of allylic oxidation sites excluding steroid dienone is 2. The molecule has 0 spiro atoms. The highest BCUT2D eigenvalue weighted by molar-refractivity contribution is 5.96. The van der Waals surface area contributed by atoms with Crippen LogP contribution in [-0.2, 0) is 19.2 Å². The average Bonchev–Trinajstić information content (AvgIpc) is 3.29. The molecule has 216 valence electrons. The minimum atomic E-state index is -1.50. The number of ketones is 1. The number of amides is 1. The number of oxime groups is 1. The van der Waals surface area contributed by atoms with E-state index < -0.39 is 30.6 Å². The molecule has 1 aromatic rings. The molecule has 3 N–H and O–H groups in total. The van der Waals surface area contributed by atoms with Gasteiger partial charge in [-0.1, -0.05) is 54.9 Å². The third-order valence-electron chi connectivity index (χ3n) is 10.9. The quantitative estimate of drug-likeness (QED) is 0.398. The summed E-state index contributed by atoms with van der Waals surface area (Å²) < 4.78 is 0. The molecule has 3 fully saturated rings. The fourth-order valence-electron chi connectivity index (χ4n) is 8.82. The summed E-state index contributed by atoms with van der Waals surface area (Å²) in [5.74, 6) is 0.502. The standard InChI is InChI=1S/C32H42N2O6/c1-19(35)24-11-12-25-23-10-9-21-17-22(13-15-31(21,2)26(23)14-16-32(24,25)3)34-40-18-27(36)33-28(30(38)39)29(37)20-7-5-4-6-8-20/h4-8,17,23-26,28-29,37H,9-16,18H2,1-3H3,(H,33,36)(H,38,39)/b34-22-/t23-,24-,25+,26+,28-,29+,31-,32+/m0/s1. The topological polar surface area (TPSA) is 125 Å². The minimum absolute atomic E-state index is 0.122. The number of carboxylic acids is 1. The molecule has 5 rings (SSSR count). The zero-order valence-corrected chi connectivity index (χ0v) is 23.8. The van der Waals surface area contributed by atoms with Crippen LogP contribution in [0.25, 0.3) is 0 Å². The van der Waals surface area contributed by atoms with Crippen molar-refractivity contribution in [3.63, 3.8) is 0 Å². The first-order valence-electron chi connectivity index (χ1n) is 14.7. The maximum atomic E-state index is 12.4. The van der Waals surface area contributed by atoms with Crippen LogP contribution in [-0.4, -0.2) is 46.2 Å². The molecule has 4 aliphatic rings. The van der Waals surface area contributed by atoms with Crippen molar-refractivity contribution in [1.29, 1.82) is 0 Å². The third-order valence-corrected chi connectivity index (χ3v) is 10.9. The van der Waals surface area contributed by atoms with Crippen molar-refractivity contribution in [1.82, 2.24) is 5.32 Å². The number of rotatable bonds is 8. The summed E-state index contributed by atoms with van der Waals surface area (Å²) in [6, 6.07) is 6.86. The lowest BCUT2D eigenvalue weighted by Gasteiger charge is -2.58. The predicted molar refractivity (Wildman–Crippen MR) is 150 cm³/mol. The Hall–Kier alpha value is -3.00. The molecule has 0 heterocycles. The molecule has 0 aromatic heterocycles. The van der Waals surface area contributed by atoms with E-state index in [1.807, 2.05) is 0 Å². The first kappa shape index (κ1) is 28.5. The number of Topliss-reactive ketones (excluding diaryl/α,β-unsaturated/α-hetero) is 1. The van der Waals surface area contributed by atoms with Gasteiger partial charge in [0.1, 0.15) is 11.9 Å². The van der Waals surface area contributed by atoms with E-state index in [0.717, 1.165) is 50.7 Å². The monoisotopic (exact) mass is 550 g/mol. The number of hydrogen-bond acceptors (Lipinski definition) is 6. The second kappa shape index (κ2) is 11.1. The van der Waals surface area contributed by atoms with Crippen molar-refractivity contribution in [3.8, 4) is 0 Å². The van der Waals surface area contributed by atoms with Gasteiger partial charge < -0.3 is 20.4 Å². The van der Waals surface area contributed by atoms with Gasteiger partial charge in [-0.3, -0.25) is 9.59 Å². The number of nitrogens with zero attached hydrogens (tertiary/aromatic N) is 1. The molecule has 0 saturated heterocycles. The number of aliphatic hydroxyl groups is 1. The molecule has 8 heteroatoms. The molecule has 40 heavy (non-hydrogen) atoms. The highest BCUT2D eigenvalue weighted by atomic mass is 16.6. The maximum Gasteiger partial charge on any atom is 0.329 e. The Morgan fingerprint density at radius 3 is 2.50 bits per heavy atom. The van der Waals surface area contributed by atoms with E-state index in [-0.39, 0.29) is 16.7 Å². The first-order valence-corrected chi connectivity index (χ1v) is 14.7. The smallest absolute Gasteiger partial charge is 0.329 e. The van der Waals surface area contributed by atoms with Crippen LogP contribution in [0.15, 0.2) is 47.1 Å². The molecule has 0 radical (unpaired) electrons. The Kier molecular flexibility index (Phi) is 7.92. The van der Waals surface area contributed by atoms with Crippen molar-refractivity contribution in [2.24, 2.45) is 39.7 Å². The molecule has 4 aliphatic carbocycles. The van der Waals surface area contributed by atoms with E-state index in [1.54, 1.807) is 37.3 Å². The number of aliphatic carboxylic acids is 1. The zero-order valence-electron chi connectivity index (χ0n) is 23.8. The minimum Gasteiger partial charge on any atom is -0.480 e. The van der Waals surface area contributed by atoms with Gasteiger partial charge in [0.05, 0.1) is 5.71 Å². The Morgan fingerprint density at radius 1 is 1.05 bits per heavy atom. The van der Waals surface area contributed by atoms with Crippen LogP contribution in [0.2, 0.25) is 0 Å². The Balaban J connectivity index is 1.20. The van der Waals surface area contributed by atoms with Crippen LogP contribution in [0.1, 0.15) is 83.8 Å². The van der Waals surface area contributed by atoms with Crippen molar-refractivity contribution in [2.45, 2.75) is 84.3 Å². The molecule has 1 amide bonds. The van der Waals surface area contributed by atoms with Crippen LogP contribution in [0.3, 0.4) is 0 Å². The van der Waals surface area contributed by atoms with E-state index in [1.165, 1.54) is 12.0 Å². The highest BCUT2D eigenvalue weighted by Gasteiger charge is 2.59. The third kappa shape index (κ3) is 5.11. The van der Waals surface area contributed by atoms with E-state index in [2.05, 4.69) is 30.4 Å². The van der Waals surface area contributed by atoms with Crippen LogP contribution in [0.4, 0.5) is 0 Å². The number of hydrogen-bond donors (Lipinski definition) is 3. The SMILES string of the molecule is CC(=O)[C@@H]1CC[C@@H]2[C@@H]3CCC4=C/C(=N\OCC(=O)N[C@H](C(=O)O)[C@H](O)c5ccccc5)CC[C@]4(C)[C@@H]3CC[C@@]21C. The summed E-state index contributed by atoms with van der Waals surface area (Å²) in [4.78, 5) is 41.9.